The molecule has 2 aromatic heterocycles. The highest BCUT2D eigenvalue weighted by molar-refractivity contribution is 6.30. The Balaban J connectivity index is 1.81. The number of hydrogen-bond donors (Lipinski definition) is 1. The summed E-state index contributed by atoms with van der Waals surface area (Å²) in [5.41, 5.74) is 1.29. The average molecular weight is 292 g/mol. The predicted octanol–water partition coefficient (Wildman–Crippen LogP) is 3.10. The molecule has 20 heavy (non-hydrogen) atoms. The molecule has 1 aliphatic rings. The van der Waals surface area contributed by atoms with Crippen molar-refractivity contribution in [3.05, 3.63) is 40.4 Å². The number of nitrogens with one attached hydrogen (secondary N) is 1. The summed E-state index contributed by atoms with van der Waals surface area (Å²) in [5.74, 6) is 1.53. The Labute approximate surface area is 121 Å². The molecule has 104 valence electrons. The maximum absolute atomic E-state index is 12.2. The number of rotatable bonds is 2. The molecule has 1 aliphatic carbocycles. The van der Waals surface area contributed by atoms with Crippen molar-refractivity contribution in [1.82, 2.24) is 10.1 Å². The third-order valence-corrected chi connectivity index (χ3v) is 3.69. The first-order chi connectivity index (χ1) is 9.63. The van der Waals surface area contributed by atoms with Crippen LogP contribution in [0.2, 0.25) is 5.02 Å². The van der Waals surface area contributed by atoms with Crippen molar-refractivity contribution in [3.63, 3.8) is 0 Å². The van der Waals surface area contributed by atoms with E-state index in [1.165, 1.54) is 6.20 Å². The van der Waals surface area contributed by atoms with Gasteiger partial charge < -0.3 is 9.84 Å². The van der Waals surface area contributed by atoms with Crippen molar-refractivity contribution in [2.45, 2.75) is 26.2 Å². The van der Waals surface area contributed by atoms with E-state index in [0.29, 0.717) is 22.5 Å². The Morgan fingerprint density at radius 3 is 3.10 bits per heavy atom. The van der Waals surface area contributed by atoms with Gasteiger partial charge in [0.15, 0.2) is 5.69 Å². The van der Waals surface area contributed by atoms with E-state index < -0.39 is 0 Å². The van der Waals surface area contributed by atoms with Gasteiger partial charge in [0.25, 0.3) is 5.91 Å². The van der Waals surface area contributed by atoms with Crippen LogP contribution in [0.1, 0.15) is 35.2 Å². The first-order valence-electron chi connectivity index (χ1n) is 6.54. The van der Waals surface area contributed by atoms with Crippen molar-refractivity contribution in [2.75, 3.05) is 5.32 Å². The Hall–Kier alpha value is -1.88. The van der Waals surface area contributed by atoms with Crippen molar-refractivity contribution >= 4 is 23.3 Å². The van der Waals surface area contributed by atoms with E-state index in [1.807, 2.05) is 0 Å². The number of carbonyl (C=O) groups excluding carboxylic acids is 1. The molecule has 6 heteroatoms. The van der Waals surface area contributed by atoms with Crippen LogP contribution < -0.4 is 5.32 Å². The smallest absolute Gasteiger partial charge is 0.279 e. The molecule has 1 N–H and O–H groups in total. The van der Waals surface area contributed by atoms with E-state index in [0.717, 1.165) is 30.6 Å². The molecule has 0 aliphatic heterocycles. The van der Waals surface area contributed by atoms with Gasteiger partial charge in [0, 0.05) is 18.2 Å². The van der Waals surface area contributed by atoms with Gasteiger partial charge in [-0.05, 0) is 30.9 Å². The molecule has 0 radical (unpaired) electrons. The number of nitrogens with zero attached hydrogens (tertiary/aromatic N) is 2. The van der Waals surface area contributed by atoms with Gasteiger partial charge in [0.1, 0.15) is 11.6 Å². The van der Waals surface area contributed by atoms with Crippen LogP contribution in [0.15, 0.2) is 22.9 Å². The lowest BCUT2D eigenvalue weighted by Crippen LogP contribution is -2.18. The van der Waals surface area contributed by atoms with Gasteiger partial charge >= 0.3 is 0 Å². The largest absolute Gasteiger partial charge is 0.360 e. The second kappa shape index (κ2) is 5.25. The minimum atomic E-state index is -0.293. The molecule has 0 spiro atoms. The monoisotopic (exact) mass is 291 g/mol. The van der Waals surface area contributed by atoms with Gasteiger partial charge in [-0.2, -0.15) is 0 Å². The molecule has 0 saturated carbocycles. The van der Waals surface area contributed by atoms with E-state index in [9.17, 15) is 4.79 Å². The highest BCUT2D eigenvalue weighted by Gasteiger charge is 2.27. The average Bonchev–Trinajstić information content (AvgIpc) is 2.84. The van der Waals surface area contributed by atoms with E-state index in [4.69, 9.17) is 16.1 Å². The Morgan fingerprint density at radius 2 is 2.35 bits per heavy atom. The third kappa shape index (κ3) is 2.54. The minimum Gasteiger partial charge on any atom is -0.360 e. The standard InChI is InChI=1S/C14H14ClN3O2/c1-8-2-4-11-10(6-8)13(18-20-11)14(19)17-12-5-3-9(15)7-16-12/h3,5,7-8H,2,4,6H2,1H3,(H,16,17,19)/t8-/m1/s1. The summed E-state index contributed by atoms with van der Waals surface area (Å²) in [6.07, 6.45) is 4.23. The number of fused-ring (bicyclic) bond motifs is 1. The van der Waals surface area contributed by atoms with Crippen molar-refractivity contribution in [2.24, 2.45) is 5.92 Å². The number of carbonyl (C=O) groups is 1. The molecule has 0 saturated heterocycles. The molecule has 5 nitrogen and oxygen atoms in total. The van der Waals surface area contributed by atoms with E-state index in [-0.39, 0.29) is 5.91 Å². The first kappa shape index (κ1) is 13.1. The van der Waals surface area contributed by atoms with E-state index >= 15 is 0 Å². The van der Waals surface area contributed by atoms with Crippen LogP contribution in [0.5, 0.6) is 0 Å². The van der Waals surface area contributed by atoms with Crippen LogP contribution >= 0.6 is 11.6 Å². The number of halogens is 1. The Morgan fingerprint density at radius 1 is 1.50 bits per heavy atom. The van der Waals surface area contributed by atoms with Crippen LogP contribution in [0.25, 0.3) is 0 Å². The summed E-state index contributed by atoms with van der Waals surface area (Å²) in [7, 11) is 0. The summed E-state index contributed by atoms with van der Waals surface area (Å²) in [4.78, 5) is 16.3. The molecular weight excluding hydrogens is 278 g/mol. The maximum atomic E-state index is 12.2. The second-order valence-electron chi connectivity index (χ2n) is 5.10. The van der Waals surface area contributed by atoms with Crippen LogP contribution in [0.4, 0.5) is 5.82 Å². The van der Waals surface area contributed by atoms with Gasteiger partial charge in [-0.25, -0.2) is 4.98 Å². The topological polar surface area (TPSA) is 68.0 Å². The number of amides is 1. The molecule has 1 amide bonds. The molecule has 0 aromatic carbocycles. The van der Waals surface area contributed by atoms with Crippen molar-refractivity contribution in [3.8, 4) is 0 Å². The lowest BCUT2D eigenvalue weighted by Gasteiger charge is -2.16. The maximum Gasteiger partial charge on any atom is 0.279 e. The summed E-state index contributed by atoms with van der Waals surface area (Å²) in [6.45, 7) is 2.17. The normalized spacial score (nSPS) is 17.6. The Bertz CT molecular complexity index is 636. The van der Waals surface area contributed by atoms with Gasteiger partial charge in [-0.3, -0.25) is 4.79 Å². The molecule has 1 atom stereocenters. The van der Waals surface area contributed by atoms with Crippen LogP contribution in [0.3, 0.4) is 0 Å². The number of anilines is 1. The summed E-state index contributed by atoms with van der Waals surface area (Å²) in [5, 5.41) is 7.13. The Kier molecular flexibility index (Phi) is 3.44. The number of pyridine rings is 1. The fraction of sp³-hybridized carbons (Fsp3) is 0.357. The number of aryl methyl sites for hydroxylation is 1. The van der Waals surface area contributed by atoms with E-state index in [2.05, 4.69) is 22.4 Å². The molecular formula is C14H14ClN3O2. The predicted molar refractivity (Wildman–Crippen MR) is 74.9 cm³/mol. The lowest BCUT2D eigenvalue weighted by molar-refractivity contribution is 0.101. The second-order valence-corrected chi connectivity index (χ2v) is 5.53. The molecule has 0 bridgehead atoms. The van der Waals surface area contributed by atoms with Gasteiger partial charge in [0.2, 0.25) is 0 Å². The fourth-order valence-electron chi connectivity index (χ4n) is 2.38. The van der Waals surface area contributed by atoms with Crippen LogP contribution in [0, 0.1) is 5.92 Å². The zero-order valence-corrected chi connectivity index (χ0v) is 11.8. The van der Waals surface area contributed by atoms with Crippen molar-refractivity contribution in [1.29, 1.82) is 0 Å². The highest BCUT2D eigenvalue weighted by Crippen LogP contribution is 2.28. The fourth-order valence-corrected chi connectivity index (χ4v) is 2.49. The minimum absolute atomic E-state index is 0.293. The zero-order valence-electron chi connectivity index (χ0n) is 11.0. The SMILES string of the molecule is C[C@@H]1CCc2onc(C(=O)Nc3ccc(Cl)cn3)c2C1. The first-order valence-corrected chi connectivity index (χ1v) is 6.91. The van der Waals surface area contributed by atoms with E-state index in [1.54, 1.807) is 12.1 Å². The summed E-state index contributed by atoms with van der Waals surface area (Å²) >= 11 is 5.76. The lowest BCUT2D eigenvalue weighted by atomic mass is 9.88. The number of aromatic nitrogens is 2. The third-order valence-electron chi connectivity index (χ3n) is 3.47. The van der Waals surface area contributed by atoms with Gasteiger partial charge in [-0.1, -0.05) is 23.7 Å². The summed E-state index contributed by atoms with van der Waals surface area (Å²) < 4.78 is 5.26. The quantitative estimate of drug-likeness (QED) is 0.923. The van der Waals surface area contributed by atoms with Crippen LogP contribution in [-0.4, -0.2) is 16.0 Å². The molecule has 0 fully saturated rings. The zero-order chi connectivity index (χ0) is 14.1. The number of hydrogen-bond acceptors (Lipinski definition) is 4. The van der Waals surface area contributed by atoms with Gasteiger partial charge in [0.05, 0.1) is 5.02 Å². The molecule has 2 heterocycles. The molecule has 3 rings (SSSR count). The van der Waals surface area contributed by atoms with Crippen molar-refractivity contribution < 1.29 is 9.32 Å². The molecule has 0 unspecified atom stereocenters. The van der Waals surface area contributed by atoms with Crippen LogP contribution in [-0.2, 0) is 12.8 Å². The summed E-state index contributed by atoms with van der Waals surface area (Å²) in [6, 6.07) is 3.32. The molecule has 2 aromatic rings. The highest BCUT2D eigenvalue weighted by atomic mass is 35.5. The van der Waals surface area contributed by atoms with Gasteiger partial charge in [-0.15, -0.1) is 0 Å².